The molecule has 1 heterocycles. The molecule has 0 bridgehead atoms. The Morgan fingerprint density at radius 1 is 1.07 bits per heavy atom. The van der Waals surface area contributed by atoms with Gasteiger partial charge in [-0.25, -0.2) is 0 Å². The lowest BCUT2D eigenvalue weighted by Crippen LogP contribution is -2.28. The molecular formula is C23H26N2O5. The summed E-state index contributed by atoms with van der Waals surface area (Å²) < 4.78 is 16.8. The summed E-state index contributed by atoms with van der Waals surface area (Å²) in [5.74, 6) is 1.10. The fraction of sp³-hybridized carbons (Fsp3) is 0.304. The third kappa shape index (κ3) is 4.31. The molecule has 1 aliphatic rings. The number of methoxy groups -OCH3 is 2. The number of carbonyl (C=O) groups excluding carboxylic acids is 2. The zero-order chi connectivity index (χ0) is 21.9. The van der Waals surface area contributed by atoms with Gasteiger partial charge in [0.25, 0.3) is 0 Å². The van der Waals surface area contributed by atoms with Gasteiger partial charge in [0, 0.05) is 22.8 Å². The quantitative estimate of drug-likeness (QED) is 0.682. The number of likely N-dealkylation sites (N-methyl/N-ethyl adjacent to an activating group) is 1. The summed E-state index contributed by atoms with van der Waals surface area (Å²) in [6, 6.07) is 8.38. The number of amides is 1. The summed E-state index contributed by atoms with van der Waals surface area (Å²) in [6.07, 6.45) is 3.77. The van der Waals surface area contributed by atoms with E-state index in [4.69, 9.17) is 14.2 Å². The monoisotopic (exact) mass is 410 g/mol. The van der Waals surface area contributed by atoms with E-state index in [1.54, 1.807) is 44.5 Å². The van der Waals surface area contributed by atoms with Gasteiger partial charge in [0.2, 0.25) is 5.91 Å². The van der Waals surface area contributed by atoms with Crippen LogP contribution in [-0.4, -0.2) is 45.1 Å². The van der Waals surface area contributed by atoms with Gasteiger partial charge in [-0.1, -0.05) is 6.08 Å². The van der Waals surface area contributed by atoms with Crippen molar-refractivity contribution < 1.29 is 23.8 Å². The molecule has 7 heteroatoms. The maximum absolute atomic E-state index is 13.5. The standard InChI is InChI=1S/C23H26N2O5/c1-23(2)11-10-16-15(8-9-19(29-5)22(16)30-23)21(27)17-7-6-14(28-4)12-18(17)25-20(26)13-24-3/h6-12,24H,13H2,1-5H3,(H,25,26). The van der Waals surface area contributed by atoms with Crippen molar-refractivity contribution >= 4 is 23.5 Å². The van der Waals surface area contributed by atoms with Gasteiger partial charge in [-0.3, -0.25) is 9.59 Å². The number of ether oxygens (including phenoxy) is 3. The predicted molar refractivity (Wildman–Crippen MR) is 116 cm³/mol. The van der Waals surface area contributed by atoms with Crippen LogP contribution < -0.4 is 24.8 Å². The highest BCUT2D eigenvalue weighted by molar-refractivity contribution is 6.16. The number of nitrogens with one attached hydrogen (secondary N) is 2. The molecule has 7 nitrogen and oxygen atoms in total. The molecule has 0 saturated carbocycles. The third-order valence-corrected chi connectivity index (χ3v) is 4.72. The fourth-order valence-electron chi connectivity index (χ4n) is 3.24. The number of anilines is 1. The smallest absolute Gasteiger partial charge is 0.238 e. The van der Waals surface area contributed by atoms with Crippen LogP contribution in [0, 0.1) is 0 Å². The van der Waals surface area contributed by atoms with Crippen molar-refractivity contribution in [2.75, 3.05) is 33.1 Å². The van der Waals surface area contributed by atoms with Gasteiger partial charge in [0.05, 0.1) is 26.5 Å². The number of fused-ring (bicyclic) bond motifs is 1. The van der Waals surface area contributed by atoms with Gasteiger partial charge >= 0.3 is 0 Å². The first-order chi connectivity index (χ1) is 14.3. The first kappa shape index (κ1) is 21.4. The molecule has 2 N–H and O–H groups in total. The molecule has 0 unspecified atom stereocenters. The zero-order valence-corrected chi connectivity index (χ0v) is 17.8. The molecular weight excluding hydrogens is 384 g/mol. The van der Waals surface area contributed by atoms with Crippen molar-refractivity contribution in [3.8, 4) is 17.2 Å². The minimum absolute atomic E-state index is 0.119. The molecule has 158 valence electrons. The van der Waals surface area contributed by atoms with Crippen molar-refractivity contribution in [3.63, 3.8) is 0 Å². The molecule has 2 aromatic rings. The average Bonchev–Trinajstić information content (AvgIpc) is 2.71. The Morgan fingerprint density at radius 2 is 1.80 bits per heavy atom. The largest absolute Gasteiger partial charge is 0.497 e. The van der Waals surface area contributed by atoms with Crippen LogP contribution in [0.15, 0.2) is 36.4 Å². The second-order valence-corrected chi connectivity index (χ2v) is 7.42. The lowest BCUT2D eigenvalue weighted by molar-refractivity contribution is -0.115. The van der Waals surface area contributed by atoms with Gasteiger partial charge < -0.3 is 24.8 Å². The third-order valence-electron chi connectivity index (χ3n) is 4.72. The molecule has 0 aromatic heterocycles. The zero-order valence-electron chi connectivity index (χ0n) is 17.8. The molecule has 3 rings (SSSR count). The highest BCUT2D eigenvalue weighted by Crippen LogP contribution is 2.41. The number of ketones is 1. The van der Waals surface area contributed by atoms with E-state index >= 15 is 0 Å². The average molecular weight is 410 g/mol. The highest BCUT2D eigenvalue weighted by Gasteiger charge is 2.29. The van der Waals surface area contributed by atoms with Crippen LogP contribution in [0.5, 0.6) is 17.2 Å². The molecule has 0 aliphatic carbocycles. The normalized spacial score (nSPS) is 13.8. The Balaban J connectivity index is 2.08. The van der Waals surface area contributed by atoms with Gasteiger partial charge in [0.1, 0.15) is 11.4 Å². The lowest BCUT2D eigenvalue weighted by Gasteiger charge is -2.30. The van der Waals surface area contributed by atoms with E-state index in [-0.39, 0.29) is 18.2 Å². The van der Waals surface area contributed by atoms with Crippen molar-refractivity contribution in [3.05, 3.63) is 53.1 Å². The maximum atomic E-state index is 13.5. The molecule has 2 aromatic carbocycles. The van der Waals surface area contributed by atoms with Gasteiger partial charge in [-0.15, -0.1) is 0 Å². The Morgan fingerprint density at radius 3 is 2.47 bits per heavy atom. The Labute approximate surface area is 176 Å². The minimum Gasteiger partial charge on any atom is -0.497 e. The molecule has 0 spiro atoms. The number of hydrogen-bond acceptors (Lipinski definition) is 6. The number of benzene rings is 2. The second kappa shape index (κ2) is 8.59. The fourth-order valence-corrected chi connectivity index (χ4v) is 3.24. The van der Waals surface area contributed by atoms with Crippen molar-refractivity contribution in [1.29, 1.82) is 0 Å². The highest BCUT2D eigenvalue weighted by atomic mass is 16.5. The summed E-state index contributed by atoms with van der Waals surface area (Å²) in [7, 11) is 4.76. The van der Waals surface area contributed by atoms with Gasteiger partial charge in [-0.05, 0) is 51.2 Å². The lowest BCUT2D eigenvalue weighted by atomic mass is 9.93. The number of carbonyl (C=O) groups is 2. The molecule has 0 radical (unpaired) electrons. The van der Waals surface area contributed by atoms with Crippen LogP contribution in [0.3, 0.4) is 0 Å². The van der Waals surface area contributed by atoms with E-state index in [0.717, 1.165) is 0 Å². The van der Waals surface area contributed by atoms with E-state index in [2.05, 4.69) is 10.6 Å². The van der Waals surface area contributed by atoms with E-state index in [9.17, 15) is 9.59 Å². The molecule has 1 aliphatic heterocycles. The Hall–Kier alpha value is -3.32. The van der Waals surface area contributed by atoms with Crippen LogP contribution in [0.25, 0.3) is 6.08 Å². The number of rotatable bonds is 7. The summed E-state index contributed by atoms with van der Waals surface area (Å²) in [6.45, 7) is 3.98. The summed E-state index contributed by atoms with van der Waals surface area (Å²) in [5.41, 5.74) is 1.30. The van der Waals surface area contributed by atoms with Crippen LogP contribution in [0.4, 0.5) is 5.69 Å². The van der Waals surface area contributed by atoms with E-state index in [0.29, 0.717) is 39.6 Å². The van der Waals surface area contributed by atoms with E-state index in [1.807, 2.05) is 26.0 Å². The Kier molecular flexibility index (Phi) is 6.12. The maximum Gasteiger partial charge on any atom is 0.238 e. The molecule has 30 heavy (non-hydrogen) atoms. The molecule has 0 atom stereocenters. The molecule has 0 fully saturated rings. The summed E-state index contributed by atoms with van der Waals surface area (Å²) in [5, 5.41) is 5.57. The second-order valence-electron chi connectivity index (χ2n) is 7.42. The summed E-state index contributed by atoms with van der Waals surface area (Å²) in [4.78, 5) is 25.6. The summed E-state index contributed by atoms with van der Waals surface area (Å²) >= 11 is 0. The topological polar surface area (TPSA) is 85.9 Å². The van der Waals surface area contributed by atoms with Crippen molar-refractivity contribution in [2.45, 2.75) is 19.4 Å². The van der Waals surface area contributed by atoms with Crippen LogP contribution in [0.1, 0.15) is 35.3 Å². The SMILES string of the molecule is CNCC(=O)Nc1cc(OC)ccc1C(=O)c1ccc(OC)c2c1C=CC(C)(C)O2. The minimum atomic E-state index is -0.519. The Bertz CT molecular complexity index is 1010. The predicted octanol–water partition coefficient (Wildman–Crippen LogP) is 3.28. The van der Waals surface area contributed by atoms with Gasteiger partial charge in [-0.2, -0.15) is 0 Å². The molecule has 0 saturated heterocycles. The first-order valence-electron chi connectivity index (χ1n) is 9.56. The van der Waals surface area contributed by atoms with Crippen molar-refractivity contribution in [1.82, 2.24) is 5.32 Å². The molecule has 1 amide bonds. The first-order valence-corrected chi connectivity index (χ1v) is 9.56. The van der Waals surface area contributed by atoms with E-state index < -0.39 is 5.60 Å². The van der Waals surface area contributed by atoms with Crippen LogP contribution in [0.2, 0.25) is 0 Å². The van der Waals surface area contributed by atoms with Gasteiger partial charge in [0.15, 0.2) is 17.3 Å². The van der Waals surface area contributed by atoms with E-state index in [1.165, 1.54) is 7.11 Å². The van der Waals surface area contributed by atoms with Crippen LogP contribution >= 0.6 is 0 Å². The number of hydrogen-bond donors (Lipinski definition) is 2. The van der Waals surface area contributed by atoms with Crippen LogP contribution in [-0.2, 0) is 4.79 Å². The van der Waals surface area contributed by atoms with Crippen molar-refractivity contribution in [2.24, 2.45) is 0 Å².